The molecule has 0 radical (unpaired) electrons. The van der Waals surface area contributed by atoms with E-state index in [9.17, 15) is 19.8 Å². The lowest BCUT2D eigenvalue weighted by Gasteiger charge is -2.18. The van der Waals surface area contributed by atoms with Gasteiger partial charge in [0.15, 0.2) is 0 Å². The Labute approximate surface area is 172 Å². The Morgan fingerprint density at radius 1 is 0.714 bits per heavy atom. The number of unbranched alkanes of at least 4 members (excludes halogenated alkanes) is 12. The van der Waals surface area contributed by atoms with Crippen LogP contribution in [0.25, 0.3) is 0 Å². The van der Waals surface area contributed by atoms with Crippen LogP contribution in [-0.4, -0.2) is 22.2 Å². The van der Waals surface area contributed by atoms with Gasteiger partial charge in [-0.2, -0.15) is 0 Å². The highest BCUT2D eigenvalue weighted by atomic mass is 16.4. The standard InChI is InChI=1S/C24H42O4/c1-3-5-7-9-11-13-15-17-19-22(24(27)28)20-21(23(25)26)18-16-14-12-10-8-6-4-2/h2,21-22H,3,5-20H2,1H3,(H,25,26)(H,27,28). The second-order valence-corrected chi connectivity index (χ2v) is 8.08. The molecule has 2 atom stereocenters. The Morgan fingerprint density at radius 3 is 1.50 bits per heavy atom. The van der Waals surface area contributed by atoms with Crippen molar-refractivity contribution in [1.29, 1.82) is 0 Å². The fraction of sp³-hybridized carbons (Fsp3) is 0.833. The number of carboxylic acids is 2. The fourth-order valence-corrected chi connectivity index (χ4v) is 3.70. The molecule has 0 aromatic rings. The van der Waals surface area contributed by atoms with Crippen molar-refractivity contribution in [2.75, 3.05) is 0 Å². The molecule has 0 bridgehead atoms. The molecule has 0 aromatic heterocycles. The highest BCUT2D eigenvalue weighted by Gasteiger charge is 2.26. The predicted octanol–water partition coefficient (Wildman–Crippen LogP) is 6.67. The van der Waals surface area contributed by atoms with Gasteiger partial charge in [-0.1, -0.05) is 84.0 Å². The van der Waals surface area contributed by atoms with Gasteiger partial charge in [0.25, 0.3) is 0 Å². The van der Waals surface area contributed by atoms with Crippen molar-refractivity contribution >= 4 is 11.9 Å². The van der Waals surface area contributed by atoms with Crippen molar-refractivity contribution in [2.24, 2.45) is 11.8 Å². The van der Waals surface area contributed by atoms with E-state index in [1.165, 1.54) is 32.1 Å². The summed E-state index contributed by atoms with van der Waals surface area (Å²) >= 11 is 0. The van der Waals surface area contributed by atoms with Gasteiger partial charge in [-0.3, -0.25) is 9.59 Å². The molecular formula is C24H42O4. The van der Waals surface area contributed by atoms with E-state index in [4.69, 9.17) is 6.42 Å². The number of terminal acetylenes is 1. The summed E-state index contributed by atoms with van der Waals surface area (Å²) < 4.78 is 0. The zero-order valence-electron chi connectivity index (χ0n) is 18.0. The lowest BCUT2D eigenvalue weighted by Crippen LogP contribution is -2.23. The third kappa shape index (κ3) is 15.5. The first-order valence-electron chi connectivity index (χ1n) is 11.4. The number of rotatable bonds is 20. The molecule has 0 aliphatic rings. The van der Waals surface area contributed by atoms with E-state index in [0.29, 0.717) is 12.8 Å². The molecule has 4 nitrogen and oxygen atoms in total. The van der Waals surface area contributed by atoms with E-state index in [1.807, 2.05) is 0 Å². The molecular weight excluding hydrogens is 352 g/mol. The number of hydrogen-bond donors (Lipinski definition) is 2. The first kappa shape index (κ1) is 26.5. The maximum Gasteiger partial charge on any atom is 0.306 e. The molecule has 2 unspecified atom stereocenters. The first-order chi connectivity index (χ1) is 13.5. The Kier molecular flexibility index (Phi) is 17.8. The van der Waals surface area contributed by atoms with Crippen LogP contribution in [-0.2, 0) is 9.59 Å². The summed E-state index contributed by atoms with van der Waals surface area (Å²) in [6, 6.07) is 0. The van der Waals surface area contributed by atoms with Gasteiger partial charge in [0, 0.05) is 6.42 Å². The van der Waals surface area contributed by atoms with Gasteiger partial charge in [0.05, 0.1) is 11.8 Å². The monoisotopic (exact) mass is 394 g/mol. The molecule has 0 fully saturated rings. The summed E-state index contributed by atoms with van der Waals surface area (Å²) in [5.41, 5.74) is 0. The summed E-state index contributed by atoms with van der Waals surface area (Å²) in [6.07, 6.45) is 21.9. The normalized spacial score (nSPS) is 13.0. The van der Waals surface area contributed by atoms with E-state index < -0.39 is 23.8 Å². The number of aliphatic carboxylic acids is 2. The first-order valence-corrected chi connectivity index (χ1v) is 11.4. The molecule has 4 heteroatoms. The fourth-order valence-electron chi connectivity index (χ4n) is 3.70. The molecule has 2 N–H and O–H groups in total. The summed E-state index contributed by atoms with van der Waals surface area (Å²) in [5, 5.41) is 19.0. The molecule has 0 rings (SSSR count). The van der Waals surface area contributed by atoms with Gasteiger partial charge in [0.1, 0.15) is 0 Å². The van der Waals surface area contributed by atoms with Gasteiger partial charge in [-0.25, -0.2) is 0 Å². The Balaban J connectivity index is 4.07. The highest BCUT2D eigenvalue weighted by Crippen LogP contribution is 2.24. The van der Waals surface area contributed by atoms with Crippen molar-refractivity contribution in [2.45, 2.75) is 116 Å². The molecule has 0 amide bonds. The largest absolute Gasteiger partial charge is 0.481 e. The average Bonchev–Trinajstić information content (AvgIpc) is 2.66. The summed E-state index contributed by atoms with van der Waals surface area (Å²) in [5.74, 6) is -0.142. The average molecular weight is 395 g/mol. The summed E-state index contributed by atoms with van der Waals surface area (Å²) in [6.45, 7) is 2.21. The minimum Gasteiger partial charge on any atom is -0.481 e. The number of carbonyl (C=O) groups is 2. The number of hydrogen-bond acceptors (Lipinski definition) is 2. The van der Waals surface area contributed by atoms with Crippen LogP contribution >= 0.6 is 0 Å². The van der Waals surface area contributed by atoms with Crippen LogP contribution in [0.1, 0.15) is 116 Å². The maximum absolute atomic E-state index is 11.6. The predicted molar refractivity (Wildman–Crippen MR) is 115 cm³/mol. The van der Waals surface area contributed by atoms with Gasteiger partial charge < -0.3 is 10.2 Å². The maximum atomic E-state index is 11.6. The van der Waals surface area contributed by atoms with Crippen molar-refractivity contribution < 1.29 is 19.8 Å². The molecule has 162 valence electrons. The van der Waals surface area contributed by atoms with E-state index in [-0.39, 0.29) is 6.42 Å². The Hall–Kier alpha value is -1.50. The minimum atomic E-state index is -0.852. The third-order valence-corrected chi connectivity index (χ3v) is 5.55. The van der Waals surface area contributed by atoms with E-state index in [1.54, 1.807) is 0 Å². The lowest BCUT2D eigenvalue weighted by atomic mass is 9.87. The minimum absolute atomic E-state index is 0.262. The van der Waals surface area contributed by atoms with Crippen LogP contribution < -0.4 is 0 Å². The van der Waals surface area contributed by atoms with Gasteiger partial charge in [-0.15, -0.1) is 12.3 Å². The SMILES string of the molecule is C#CCCCCCCCC(CC(CCCCCCCCCC)C(=O)O)C(=O)O. The molecule has 28 heavy (non-hydrogen) atoms. The van der Waals surface area contributed by atoms with Gasteiger partial charge >= 0.3 is 11.9 Å². The molecule has 0 spiro atoms. The quantitative estimate of drug-likeness (QED) is 0.178. The molecule has 0 saturated carbocycles. The van der Waals surface area contributed by atoms with E-state index in [2.05, 4.69) is 12.8 Å². The molecule has 0 aromatic carbocycles. The van der Waals surface area contributed by atoms with Gasteiger partial charge in [-0.05, 0) is 25.7 Å². The zero-order chi connectivity index (χ0) is 21.0. The Bertz CT molecular complexity index is 438. The zero-order valence-corrected chi connectivity index (χ0v) is 18.0. The molecule has 0 aliphatic carbocycles. The van der Waals surface area contributed by atoms with Crippen molar-refractivity contribution in [3.63, 3.8) is 0 Å². The van der Waals surface area contributed by atoms with E-state index >= 15 is 0 Å². The van der Waals surface area contributed by atoms with Crippen LogP contribution in [0.15, 0.2) is 0 Å². The van der Waals surface area contributed by atoms with Crippen molar-refractivity contribution in [1.82, 2.24) is 0 Å². The smallest absolute Gasteiger partial charge is 0.306 e. The lowest BCUT2D eigenvalue weighted by molar-refractivity contribution is -0.146. The second kappa shape index (κ2) is 18.8. The van der Waals surface area contributed by atoms with Crippen LogP contribution in [0, 0.1) is 24.2 Å². The van der Waals surface area contributed by atoms with Crippen LogP contribution in [0.2, 0.25) is 0 Å². The topological polar surface area (TPSA) is 74.6 Å². The van der Waals surface area contributed by atoms with Crippen LogP contribution in [0.3, 0.4) is 0 Å². The van der Waals surface area contributed by atoms with Crippen LogP contribution in [0.5, 0.6) is 0 Å². The summed E-state index contributed by atoms with van der Waals surface area (Å²) in [7, 11) is 0. The second-order valence-electron chi connectivity index (χ2n) is 8.08. The van der Waals surface area contributed by atoms with E-state index in [0.717, 1.165) is 57.8 Å². The summed E-state index contributed by atoms with van der Waals surface area (Å²) in [4.78, 5) is 23.1. The number of carboxylic acid groups (broad SMARTS) is 2. The molecule has 0 heterocycles. The van der Waals surface area contributed by atoms with Gasteiger partial charge in [0.2, 0.25) is 0 Å². The van der Waals surface area contributed by atoms with Crippen LogP contribution in [0.4, 0.5) is 0 Å². The highest BCUT2D eigenvalue weighted by molar-refractivity contribution is 5.73. The third-order valence-electron chi connectivity index (χ3n) is 5.55. The van der Waals surface area contributed by atoms with Crippen molar-refractivity contribution in [3.8, 4) is 12.3 Å². The van der Waals surface area contributed by atoms with Crippen molar-refractivity contribution in [3.05, 3.63) is 0 Å². The molecule has 0 saturated heterocycles. The molecule has 0 aliphatic heterocycles. The Morgan fingerprint density at radius 2 is 1.11 bits per heavy atom.